The summed E-state index contributed by atoms with van der Waals surface area (Å²) in [5.41, 5.74) is -0.354. The van der Waals surface area contributed by atoms with Gasteiger partial charge >= 0.3 is 5.97 Å². The molecule has 1 aliphatic rings. The van der Waals surface area contributed by atoms with Crippen molar-refractivity contribution in [1.29, 1.82) is 0 Å². The van der Waals surface area contributed by atoms with Crippen molar-refractivity contribution >= 4 is 29.2 Å². The first-order chi connectivity index (χ1) is 10.0. The number of hydrogen-bond donors (Lipinski definition) is 2. The fourth-order valence-electron chi connectivity index (χ4n) is 1.96. The van der Waals surface area contributed by atoms with Crippen LogP contribution in [0.25, 0.3) is 0 Å². The van der Waals surface area contributed by atoms with Crippen molar-refractivity contribution in [3.8, 4) is 0 Å². The first-order valence-corrected chi connectivity index (χ1v) is 6.77. The number of hydrogen-bond acceptors (Lipinski definition) is 6. The average molecular weight is 315 g/mol. The monoisotopic (exact) mass is 314 g/mol. The summed E-state index contributed by atoms with van der Waals surface area (Å²) in [6.07, 6.45) is 2.80. The zero-order chi connectivity index (χ0) is 15.4. The molecule has 1 aliphatic heterocycles. The maximum absolute atomic E-state index is 12.0. The van der Waals surface area contributed by atoms with Crippen LogP contribution in [0.1, 0.15) is 12.8 Å². The molecule has 0 radical (unpaired) electrons. The van der Waals surface area contributed by atoms with Crippen LogP contribution < -0.4 is 16.2 Å². The van der Waals surface area contributed by atoms with E-state index in [1.54, 1.807) is 0 Å². The molecule has 0 bridgehead atoms. The fourth-order valence-corrected chi connectivity index (χ4v) is 2.16. The lowest BCUT2D eigenvalue weighted by Crippen LogP contribution is -2.44. The molecular weight excluding hydrogens is 300 g/mol. The first-order valence-electron chi connectivity index (χ1n) is 6.39. The molecule has 21 heavy (non-hydrogen) atoms. The number of esters is 1. The number of halogens is 1. The zero-order valence-corrected chi connectivity index (χ0v) is 12.1. The highest BCUT2D eigenvalue weighted by atomic mass is 35.5. The summed E-state index contributed by atoms with van der Waals surface area (Å²) in [6.45, 7) is 0.322. The van der Waals surface area contributed by atoms with Crippen molar-refractivity contribution in [3.63, 3.8) is 0 Å². The minimum absolute atomic E-state index is 0.118. The van der Waals surface area contributed by atoms with Crippen molar-refractivity contribution in [3.05, 3.63) is 21.6 Å². The number of rotatable bonds is 4. The summed E-state index contributed by atoms with van der Waals surface area (Å²) in [4.78, 5) is 34.8. The molecule has 1 saturated heterocycles. The van der Waals surface area contributed by atoms with Gasteiger partial charge in [0, 0.05) is 6.54 Å². The van der Waals surface area contributed by atoms with Crippen LogP contribution in [0.3, 0.4) is 0 Å². The van der Waals surface area contributed by atoms with Gasteiger partial charge in [-0.1, -0.05) is 11.6 Å². The van der Waals surface area contributed by atoms with Gasteiger partial charge in [-0.3, -0.25) is 14.4 Å². The predicted molar refractivity (Wildman–Crippen MR) is 75.2 cm³/mol. The normalized spacial score (nSPS) is 18.0. The molecule has 2 N–H and O–H groups in total. The van der Waals surface area contributed by atoms with Crippen LogP contribution in [0.4, 0.5) is 5.69 Å². The van der Waals surface area contributed by atoms with E-state index in [0.29, 0.717) is 13.0 Å². The van der Waals surface area contributed by atoms with Gasteiger partial charge in [-0.15, -0.1) is 0 Å². The Kier molecular flexibility index (Phi) is 4.79. The number of ether oxygens (including phenoxy) is 1. The number of aromatic nitrogens is 2. The molecule has 9 heteroatoms. The SMILES string of the molecule is COC(=O)Cn1ncc(NC2CCCNC2=O)c(Cl)c1=O. The second kappa shape index (κ2) is 6.57. The number of methoxy groups -OCH3 is 1. The molecule has 0 aromatic carbocycles. The molecule has 2 rings (SSSR count). The van der Waals surface area contributed by atoms with Crippen molar-refractivity contribution in [2.24, 2.45) is 0 Å². The van der Waals surface area contributed by atoms with Gasteiger partial charge in [-0.2, -0.15) is 5.10 Å². The van der Waals surface area contributed by atoms with E-state index in [0.717, 1.165) is 11.1 Å². The Bertz CT molecular complexity index is 616. The van der Waals surface area contributed by atoms with Crippen molar-refractivity contribution in [2.75, 3.05) is 19.0 Å². The molecule has 1 aromatic rings. The second-order valence-corrected chi connectivity index (χ2v) is 4.92. The fraction of sp³-hybridized carbons (Fsp3) is 0.500. The molecule has 8 nitrogen and oxygen atoms in total. The molecule has 1 amide bonds. The molecule has 0 saturated carbocycles. The smallest absolute Gasteiger partial charge is 0.327 e. The third-order valence-corrected chi connectivity index (χ3v) is 3.47. The number of amides is 1. The molecule has 1 fully saturated rings. The zero-order valence-electron chi connectivity index (χ0n) is 11.4. The molecular formula is C12H15ClN4O4. The average Bonchev–Trinajstić information content (AvgIpc) is 2.48. The number of carbonyl (C=O) groups is 2. The van der Waals surface area contributed by atoms with Crippen LogP contribution in [0.5, 0.6) is 0 Å². The van der Waals surface area contributed by atoms with Crippen LogP contribution in [-0.2, 0) is 20.9 Å². The van der Waals surface area contributed by atoms with Gasteiger partial charge in [-0.25, -0.2) is 4.68 Å². The Morgan fingerprint density at radius 3 is 3.05 bits per heavy atom. The summed E-state index contributed by atoms with van der Waals surface area (Å²) < 4.78 is 5.37. The largest absolute Gasteiger partial charge is 0.468 e. The summed E-state index contributed by atoms with van der Waals surface area (Å²) in [6, 6.07) is -0.450. The van der Waals surface area contributed by atoms with Gasteiger partial charge in [-0.05, 0) is 12.8 Å². The van der Waals surface area contributed by atoms with Gasteiger partial charge in [0.1, 0.15) is 17.6 Å². The lowest BCUT2D eigenvalue weighted by atomic mass is 10.1. The van der Waals surface area contributed by atoms with E-state index in [9.17, 15) is 14.4 Å². The molecule has 114 valence electrons. The van der Waals surface area contributed by atoms with Crippen LogP contribution >= 0.6 is 11.6 Å². The van der Waals surface area contributed by atoms with E-state index in [1.807, 2.05) is 0 Å². The number of anilines is 1. The molecule has 1 aromatic heterocycles. The van der Waals surface area contributed by atoms with Crippen LogP contribution in [-0.4, -0.2) is 41.4 Å². The summed E-state index contributed by atoms with van der Waals surface area (Å²) in [7, 11) is 1.21. The van der Waals surface area contributed by atoms with E-state index in [-0.39, 0.29) is 23.2 Å². The third-order valence-electron chi connectivity index (χ3n) is 3.11. The minimum Gasteiger partial charge on any atom is -0.468 e. The standard InChI is InChI=1S/C12H15ClN4O4/c1-21-9(18)6-17-12(20)10(13)8(5-15-17)16-7-3-2-4-14-11(7)19/h5,7,16H,2-4,6H2,1H3,(H,14,19). The van der Waals surface area contributed by atoms with Crippen molar-refractivity contribution < 1.29 is 14.3 Å². The Morgan fingerprint density at radius 1 is 1.62 bits per heavy atom. The van der Waals surface area contributed by atoms with Crippen molar-refractivity contribution in [1.82, 2.24) is 15.1 Å². The lowest BCUT2D eigenvalue weighted by Gasteiger charge is -2.23. The molecule has 0 spiro atoms. The molecule has 1 unspecified atom stereocenters. The van der Waals surface area contributed by atoms with Gasteiger partial charge in [0.05, 0.1) is 19.0 Å². The van der Waals surface area contributed by atoms with E-state index in [1.165, 1.54) is 13.3 Å². The predicted octanol–water partition coefficient (Wildman–Crippen LogP) is -0.240. The summed E-state index contributed by atoms with van der Waals surface area (Å²) in [5.74, 6) is -0.746. The Labute approximate surface area is 125 Å². The van der Waals surface area contributed by atoms with Crippen LogP contribution in [0, 0.1) is 0 Å². The lowest BCUT2D eigenvalue weighted by molar-refractivity contribution is -0.141. The van der Waals surface area contributed by atoms with Gasteiger partial charge in [0.2, 0.25) is 5.91 Å². The summed E-state index contributed by atoms with van der Waals surface area (Å²) >= 11 is 5.97. The van der Waals surface area contributed by atoms with E-state index in [2.05, 4.69) is 20.5 Å². The first kappa shape index (κ1) is 15.3. The Morgan fingerprint density at radius 2 is 2.38 bits per heavy atom. The number of piperidine rings is 1. The quantitative estimate of drug-likeness (QED) is 0.744. The van der Waals surface area contributed by atoms with Gasteiger partial charge < -0.3 is 15.4 Å². The molecule has 0 aliphatic carbocycles. The highest BCUT2D eigenvalue weighted by Gasteiger charge is 2.23. The summed E-state index contributed by atoms with van der Waals surface area (Å²) in [5, 5.41) is 9.34. The number of carbonyl (C=O) groups excluding carboxylic acids is 2. The number of nitrogens with one attached hydrogen (secondary N) is 2. The highest BCUT2D eigenvalue weighted by molar-refractivity contribution is 6.33. The van der Waals surface area contributed by atoms with Crippen molar-refractivity contribution in [2.45, 2.75) is 25.4 Å². The Balaban J connectivity index is 2.18. The van der Waals surface area contributed by atoms with Gasteiger partial charge in [0.15, 0.2) is 0 Å². The van der Waals surface area contributed by atoms with Crippen LogP contribution in [0.2, 0.25) is 5.02 Å². The van der Waals surface area contributed by atoms with E-state index in [4.69, 9.17) is 11.6 Å². The second-order valence-electron chi connectivity index (χ2n) is 4.54. The van der Waals surface area contributed by atoms with Crippen LogP contribution in [0.15, 0.2) is 11.0 Å². The minimum atomic E-state index is -0.622. The van der Waals surface area contributed by atoms with Gasteiger partial charge in [0.25, 0.3) is 5.56 Å². The maximum atomic E-state index is 12.0. The molecule has 2 heterocycles. The third kappa shape index (κ3) is 3.52. The Hall–Kier alpha value is -2.09. The highest BCUT2D eigenvalue weighted by Crippen LogP contribution is 2.18. The maximum Gasteiger partial charge on any atom is 0.327 e. The number of nitrogens with zero attached hydrogens (tertiary/aromatic N) is 2. The topological polar surface area (TPSA) is 102 Å². The van der Waals surface area contributed by atoms with E-state index < -0.39 is 17.6 Å². The molecule has 1 atom stereocenters. The van der Waals surface area contributed by atoms with E-state index >= 15 is 0 Å².